The van der Waals surface area contributed by atoms with Gasteiger partial charge in [0.05, 0.1) is 11.5 Å². The highest BCUT2D eigenvalue weighted by atomic mass is 32.2. The maximum Gasteiger partial charge on any atom is 0.321 e. The maximum absolute atomic E-state index is 11.9. The van der Waals surface area contributed by atoms with Crippen LogP contribution in [0.2, 0.25) is 0 Å². The van der Waals surface area contributed by atoms with Gasteiger partial charge in [-0.2, -0.15) is 0 Å². The molecule has 0 bridgehead atoms. The van der Waals surface area contributed by atoms with Crippen LogP contribution >= 0.6 is 0 Å². The molecule has 100 valence electrons. The summed E-state index contributed by atoms with van der Waals surface area (Å²) in [6.45, 7) is 3.89. The van der Waals surface area contributed by atoms with Crippen LogP contribution in [0.25, 0.3) is 0 Å². The molecule has 1 rings (SSSR count). The van der Waals surface area contributed by atoms with Gasteiger partial charge in [0.2, 0.25) is 0 Å². The molecule has 0 aromatic heterocycles. The molecular weight excluding hydrogens is 252 g/mol. The predicted octanol–water partition coefficient (Wildman–Crippen LogP) is 1.98. The Hall–Kier alpha value is -1.36. The lowest BCUT2D eigenvalue weighted by molar-refractivity contribution is -0.139. The van der Waals surface area contributed by atoms with Crippen molar-refractivity contribution in [1.29, 1.82) is 0 Å². The van der Waals surface area contributed by atoms with Gasteiger partial charge in [-0.3, -0.25) is 4.79 Å². The summed E-state index contributed by atoms with van der Waals surface area (Å²) < 4.78 is 28.4. The normalized spacial score (nSPS) is 11.2. The molecule has 1 aromatic rings. The van der Waals surface area contributed by atoms with Crippen molar-refractivity contribution < 1.29 is 17.9 Å². The van der Waals surface area contributed by atoms with E-state index < -0.39 is 21.6 Å². The number of hydrogen-bond donors (Lipinski definition) is 0. The second kappa shape index (κ2) is 6.54. The van der Waals surface area contributed by atoms with Crippen molar-refractivity contribution >= 4 is 15.8 Å². The largest absolute Gasteiger partial charge is 0.465 e. The fourth-order valence-electron chi connectivity index (χ4n) is 1.59. The molecule has 0 saturated heterocycles. The summed E-state index contributed by atoms with van der Waals surface area (Å²) in [5.41, 5.74) is 1.09. The number of hydrogen-bond acceptors (Lipinski definition) is 4. The Labute approximate surface area is 108 Å². The minimum absolute atomic E-state index is 0.162. The monoisotopic (exact) mass is 270 g/mol. The molecule has 18 heavy (non-hydrogen) atoms. The summed E-state index contributed by atoms with van der Waals surface area (Å²) in [5, 5.41) is 0. The lowest BCUT2D eigenvalue weighted by Gasteiger charge is -2.05. The van der Waals surface area contributed by atoms with Crippen molar-refractivity contribution in [2.24, 2.45) is 0 Å². The Bertz CT molecular complexity index is 488. The van der Waals surface area contributed by atoms with E-state index in [4.69, 9.17) is 0 Å². The molecular formula is C13H18O4S. The van der Waals surface area contributed by atoms with Crippen LogP contribution in [0.4, 0.5) is 0 Å². The first kappa shape index (κ1) is 14.7. The highest BCUT2D eigenvalue weighted by molar-refractivity contribution is 7.92. The van der Waals surface area contributed by atoms with Crippen LogP contribution in [0.15, 0.2) is 29.2 Å². The molecule has 0 fully saturated rings. The van der Waals surface area contributed by atoms with E-state index in [0.29, 0.717) is 0 Å². The average molecular weight is 270 g/mol. The zero-order chi connectivity index (χ0) is 13.6. The summed E-state index contributed by atoms with van der Waals surface area (Å²) in [4.78, 5) is 11.4. The second-order valence-corrected chi connectivity index (χ2v) is 5.95. The van der Waals surface area contributed by atoms with E-state index in [1.807, 2.05) is 0 Å². The summed E-state index contributed by atoms with van der Waals surface area (Å²) >= 11 is 0. The number of sulfone groups is 1. The van der Waals surface area contributed by atoms with Crippen LogP contribution in [0.1, 0.15) is 25.8 Å². The van der Waals surface area contributed by atoms with Gasteiger partial charge in [-0.15, -0.1) is 0 Å². The van der Waals surface area contributed by atoms with E-state index in [1.165, 1.54) is 0 Å². The Morgan fingerprint density at radius 1 is 1.17 bits per heavy atom. The van der Waals surface area contributed by atoms with Gasteiger partial charge >= 0.3 is 5.97 Å². The van der Waals surface area contributed by atoms with Crippen LogP contribution in [-0.4, -0.2) is 26.7 Å². The first-order chi connectivity index (χ1) is 8.49. The molecule has 0 radical (unpaired) electrons. The van der Waals surface area contributed by atoms with Crippen molar-refractivity contribution in [2.45, 2.75) is 31.6 Å². The lowest BCUT2D eigenvalue weighted by atomic mass is 10.1. The van der Waals surface area contributed by atoms with E-state index in [9.17, 15) is 13.2 Å². The molecule has 5 heteroatoms. The van der Waals surface area contributed by atoms with E-state index in [1.54, 1.807) is 31.2 Å². The first-order valence-corrected chi connectivity index (χ1v) is 7.62. The number of carbonyl (C=O) groups excluding carboxylic acids is 1. The van der Waals surface area contributed by atoms with Crippen molar-refractivity contribution in [1.82, 2.24) is 0 Å². The molecule has 0 aliphatic rings. The molecule has 1 aromatic carbocycles. The fraction of sp³-hybridized carbons (Fsp3) is 0.462. The van der Waals surface area contributed by atoms with Gasteiger partial charge < -0.3 is 4.74 Å². The van der Waals surface area contributed by atoms with Gasteiger partial charge in [0, 0.05) is 0 Å². The van der Waals surface area contributed by atoms with Gasteiger partial charge in [-0.25, -0.2) is 8.42 Å². The van der Waals surface area contributed by atoms with Crippen LogP contribution in [0.3, 0.4) is 0 Å². The number of ether oxygens (including phenoxy) is 1. The quantitative estimate of drug-likeness (QED) is 0.742. The van der Waals surface area contributed by atoms with Crippen molar-refractivity contribution in [3.8, 4) is 0 Å². The SMILES string of the molecule is CCCc1ccc(S(=O)(=O)CC(=O)OCC)cc1. The van der Waals surface area contributed by atoms with Gasteiger partial charge in [-0.05, 0) is 31.0 Å². The number of rotatable bonds is 6. The van der Waals surface area contributed by atoms with Crippen molar-refractivity contribution in [3.05, 3.63) is 29.8 Å². The first-order valence-electron chi connectivity index (χ1n) is 5.97. The van der Waals surface area contributed by atoms with Gasteiger partial charge in [0.25, 0.3) is 0 Å². The summed E-state index contributed by atoms with van der Waals surface area (Å²) in [7, 11) is -3.59. The standard InChI is InChI=1S/C13H18O4S/c1-3-5-11-6-8-12(9-7-11)18(15,16)10-13(14)17-4-2/h6-9H,3-5,10H2,1-2H3. The number of aryl methyl sites for hydroxylation is 1. The van der Waals surface area contributed by atoms with E-state index in [0.717, 1.165) is 18.4 Å². The van der Waals surface area contributed by atoms with Gasteiger partial charge in [0.1, 0.15) is 0 Å². The van der Waals surface area contributed by atoms with Crippen LogP contribution in [-0.2, 0) is 25.8 Å². The second-order valence-electron chi connectivity index (χ2n) is 3.96. The molecule has 0 N–H and O–H groups in total. The molecule has 0 amide bonds. The van der Waals surface area contributed by atoms with Gasteiger partial charge in [-0.1, -0.05) is 25.5 Å². The lowest BCUT2D eigenvalue weighted by Crippen LogP contribution is -2.18. The molecule has 0 aliphatic heterocycles. The molecule has 0 spiro atoms. The third kappa shape index (κ3) is 4.14. The molecule has 0 aliphatic carbocycles. The minimum atomic E-state index is -3.59. The predicted molar refractivity (Wildman–Crippen MR) is 69.1 cm³/mol. The molecule has 0 saturated carbocycles. The van der Waals surface area contributed by atoms with Crippen molar-refractivity contribution in [2.75, 3.05) is 12.4 Å². The summed E-state index contributed by atoms with van der Waals surface area (Å²) in [6, 6.07) is 6.64. The topological polar surface area (TPSA) is 60.4 Å². The van der Waals surface area contributed by atoms with E-state index in [2.05, 4.69) is 11.7 Å². The number of carbonyl (C=O) groups is 1. The van der Waals surface area contributed by atoms with Gasteiger partial charge in [0.15, 0.2) is 15.6 Å². The van der Waals surface area contributed by atoms with E-state index >= 15 is 0 Å². The molecule has 4 nitrogen and oxygen atoms in total. The average Bonchev–Trinajstić information content (AvgIpc) is 2.29. The Kier molecular flexibility index (Phi) is 5.34. The third-order valence-corrected chi connectivity index (χ3v) is 4.04. The van der Waals surface area contributed by atoms with Crippen LogP contribution in [0.5, 0.6) is 0 Å². The zero-order valence-corrected chi connectivity index (χ0v) is 11.5. The summed E-state index contributed by atoms with van der Waals surface area (Å²) in [6.07, 6.45) is 1.92. The molecule has 0 unspecified atom stereocenters. The number of benzene rings is 1. The van der Waals surface area contributed by atoms with Crippen LogP contribution in [0, 0.1) is 0 Å². The highest BCUT2D eigenvalue weighted by Gasteiger charge is 2.19. The highest BCUT2D eigenvalue weighted by Crippen LogP contribution is 2.13. The third-order valence-electron chi connectivity index (χ3n) is 2.43. The Morgan fingerprint density at radius 2 is 1.78 bits per heavy atom. The summed E-state index contributed by atoms with van der Waals surface area (Å²) in [5.74, 6) is -1.32. The maximum atomic E-state index is 11.9. The van der Waals surface area contributed by atoms with Crippen molar-refractivity contribution in [3.63, 3.8) is 0 Å². The zero-order valence-electron chi connectivity index (χ0n) is 10.7. The number of esters is 1. The molecule has 0 atom stereocenters. The van der Waals surface area contributed by atoms with Crippen LogP contribution < -0.4 is 0 Å². The Morgan fingerprint density at radius 3 is 2.28 bits per heavy atom. The smallest absolute Gasteiger partial charge is 0.321 e. The Balaban J connectivity index is 2.82. The molecule has 0 heterocycles. The van der Waals surface area contributed by atoms with E-state index in [-0.39, 0.29) is 11.5 Å². The minimum Gasteiger partial charge on any atom is -0.465 e. The fourth-order valence-corrected chi connectivity index (χ4v) is 2.70.